The van der Waals surface area contributed by atoms with E-state index < -0.39 is 23.2 Å². The Labute approximate surface area is 227 Å². The molecule has 0 aromatic carbocycles. The highest BCUT2D eigenvalue weighted by atomic mass is 19.4. The number of amidine groups is 1. The molecule has 6 rings (SSSR count). The van der Waals surface area contributed by atoms with Gasteiger partial charge in [0.05, 0.1) is 17.0 Å². The van der Waals surface area contributed by atoms with Crippen LogP contribution in [0.4, 0.5) is 19.0 Å². The first kappa shape index (κ1) is 27.7. The van der Waals surface area contributed by atoms with Gasteiger partial charge in [0.1, 0.15) is 11.7 Å². The summed E-state index contributed by atoms with van der Waals surface area (Å²) in [5, 5.41) is 23.0. The van der Waals surface area contributed by atoms with Crippen LogP contribution in [0.3, 0.4) is 0 Å². The number of aliphatic imine (C=N–C) groups is 1. The number of carboxylic acids is 1. The number of hydrogen-bond donors (Lipinski definition) is 2. The lowest BCUT2D eigenvalue weighted by Gasteiger charge is -2.62. The van der Waals surface area contributed by atoms with Crippen molar-refractivity contribution in [2.75, 3.05) is 31.1 Å². The quantitative estimate of drug-likeness (QED) is 0.310. The lowest BCUT2D eigenvalue weighted by molar-refractivity contribution is -0.158. The van der Waals surface area contributed by atoms with Crippen molar-refractivity contribution in [3.05, 3.63) is 23.9 Å². The Kier molecular flexibility index (Phi) is 7.06. The zero-order valence-corrected chi connectivity index (χ0v) is 22.7. The van der Waals surface area contributed by atoms with Gasteiger partial charge < -0.3 is 15.3 Å². The molecule has 0 radical (unpaired) electrons. The molecule has 3 unspecified atom stereocenters. The first-order chi connectivity index (χ1) is 18.3. The Morgan fingerprint density at radius 3 is 2.33 bits per heavy atom. The summed E-state index contributed by atoms with van der Waals surface area (Å²) < 4.78 is 38.7. The molecule has 11 heteroatoms. The molecule has 0 spiro atoms. The van der Waals surface area contributed by atoms with E-state index in [1.807, 2.05) is 31.9 Å². The molecule has 3 atom stereocenters. The molecular formula is C28H37F3N6O2. The third-order valence-electron chi connectivity index (χ3n) is 10.1. The molecule has 39 heavy (non-hydrogen) atoms. The summed E-state index contributed by atoms with van der Waals surface area (Å²) in [7, 11) is 0. The second-order valence-corrected chi connectivity index (χ2v) is 12.6. The van der Waals surface area contributed by atoms with Crippen LogP contribution in [0.2, 0.25) is 0 Å². The summed E-state index contributed by atoms with van der Waals surface area (Å²) in [5.41, 5.74) is -1.45. The van der Waals surface area contributed by atoms with Gasteiger partial charge in [-0.25, -0.2) is 4.98 Å². The third-order valence-corrected chi connectivity index (χ3v) is 10.1. The molecule has 1 aliphatic heterocycles. The topological polar surface area (TPSA) is 105 Å². The van der Waals surface area contributed by atoms with Crippen LogP contribution in [0.15, 0.2) is 23.3 Å². The number of nitrogens with zero attached hydrogens (tertiary/aromatic N) is 5. The Hall–Kier alpha value is -2.87. The second kappa shape index (κ2) is 9.95. The smallest absolute Gasteiger partial charge is 0.417 e. The molecule has 4 saturated carbocycles. The van der Waals surface area contributed by atoms with Crippen molar-refractivity contribution in [3.63, 3.8) is 0 Å². The van der Waals surface area contributed by atoms with Crippen LogP contribution in [0.5, 0.6) is 0 Å². The summed E-state index contributed by atoms with van der Waals surface area (Å²) in [6, 6.07) is 2.64. The van der Waals surface area contributed by atoms with Gasteiger partial charge in [0.25, 0.3) is 0 Å². The molecule has 2 heterocycles. The molecular weight excluding hydrogens is 509 g/mol. The maximum Gasteiger partial charge on any atom is 0.417 e. The van der Waals surface area contributed by atoms with Crippen LogP contribution in [-0.4, -0.2) is 64.6 Å². The maximum atomic E-state index is 12.9. The second-order valence-electron chi connectivity index (χ2n) is 12.6. The Morgan fingerprint density at radius 1 is 1.18 bits per heavy atom. The number of anilines is 1. The van der Waals surface area contributed by atoms with Crippen LogP contribution >= 0.6 is 0 Å². The number of carboxylic acid groups (broad SMARTS) is 1. The monoisotopic (exact) mass is 546 g/mol. The highest BCUT2D eigenvalue weighted by molar-refractivity contribution is 5.92. The number of nitrogens with one attached hydrogen (secondary N) is 1. The van der Waals surface area contributed by atoms with E-state index in [-0.39, 0.29) is 17.4 Å². The molecule has 8 nitrogen and oxygen atoms in total. The van der Waals surface area contributed by atoms with Crippen molar-refractivity contribution in [2.45, 2.75) is 70.6 Å². The van der Waals surface area contributed by atoms with Crippen LogP contribution in [-0.2, 0) is 11.0 Å². The first-order valence-corrected chi connectivity index (χ1v) is 13.8. The van der Waals surface area contributed by atoms with Gasteiger partial charge in [-0.1, -0.05) is 6.92 Å². The van der Waals surface area contributed by atoms with Crippen molar-refractivity contribution in [1.29, 1.82) is 5.26 Å². The van der Waals surface area contributed by atoms with E-state index in [0.29, 0.717) is 55.6 Å². The van der Waals surface area contributed by atoms with Gasteiger partial charge in [-0.3, -0.25) is 9.69 Å². The van der Waals surface area contributed by atoms with Gasteiger partial charge in [-0.15, -0.1) is 0 Å². The van der Waals surface area contributed by atoms with Crippen molar-refractivity contribution < 1.29 is 23.1 Å². The lowest BCUT2D eigenvalue weighted by Crippen LogP contribution is -2.66. The van der Waals surface area contributed by atoms with Gasteiger partial charge in [-0.2, -0.15) is 23.4 Å². The summed E-state index contributed by atoms with van der Waals surface area (Å²) in [4.78, 5) is 24.4. The van der Waals surface area contributed by atoms with Crippen LogP contribution < -0.4 is 10.2 Å². The number of halogens is 3. The number of pyridine rings is 1. The van der Waals surface area contributed by atoms with Crippen LogP contribution in [0.1, 0.15) is 58.4 Å². The SMILES string of the molecule is CC(C(=O)O)C12CC3CC(C1)C(N/C(=N/C#N)C(C)(C)N1CCN(c4ccc(C(F)(F)F)cn4)CC1)C(C3)C2. The standard InChI is InChI=1S/C28H37F3N6O2/c1-17(24(38)39)27-12-18-10-19(13-27)23(20(11-18)14-27)35-25(34-16-32)26(2,3)37-8-6-36(7-9-37)22-5-4-21(15-33-22)28(29,30)31/h4-5,15,17-20,23H,6-14H2,1-3H3,(H,34,35)(H,38,39). The minimum atomic E-state index is -4.41. The fraction of sp³-hybridized carbons (Fsp3) is 0.714. The van der Waals surface area contributed by atoms with E-state index in [1.165, 1.54) is 6.07 Å². The van der Waals surface area contributed by atoms with Gasteiger partial charge in [0, 0.05) is 38.4 Å². The molecule has 0 amide bonds. The number of alkyl halides is 3. The maximum absolute atomic E-state index is 12.9. The van der Waals surface area contributed by atoms with Crippen molar-refractivity contribution in [2.24, 2.45) is 34.1 Å². The Morgan fingerprint density at radius 2 is 1.82 bits per heavy atom. The number of nitriles is 1. The lowest BCUT2D eigenvalue weighted by atomic mass is 9.45. The molecule has 1 saturated heterocycles. The van der Waals surface area contributed by atoms with E-state index in [9.17, 15) is 28.3 Å². The van der Waals surface area contributed by atoms with E-state index in [2.05, 4.69) is 20.2 Å². The van der Waals surface area contributed by atoms with E-state index in [0.717, 1.165) is 44.4 Å². The fourth-order valence-electron chi connectivity index (χ4n) is 8.05. The average Bonchev–Trinajstić information content (AvgIpc) is 2.89. The van der Waals surface area contributed by atoms with Crippen molar-refractivity contribution >= 4 is 17.6 Å². The Balaban J connectivity index is 1.26. The number of piperazine rings is 1. The highest BCUT2D eigenvalue weighted by Crippen LogP contribution is 2.62. The van der Waals surface area contributed by atoms with E-state index in [1.54, 1.807) is 0 Å². The Bertz CT molecular complexity index is 1140. The summed E-state index contributed by atoms with van der Waals surface area (Å²) >= 11 is 0. The van der Waals surface area contributed by atoms with Crippen molar-refractivity contribution in [3.8, 4) is 6.19 Å². The van der Waals surface area contributed by atoms with Gasteiger partial charge >= 0.3 is 12.1 Å². The summed E-state index contributed by atoms with van der Waals surface area (Å²) in [6.45, 7) is 8.42. The predicted octanol–water partition coefficient (Wildman–Crippen LogP) is 4.39. The fourth-order valence-corrected chi connectivity index (χ4v) is 8.05. The number of carbonyl (C=O) groups is 1. The molecule has 1 aromatic rings. The number of aromatic nitrogens is 1. The van der Waals surface area contributed by atoms with E-state index in [4.69, 9.17) is 0 Å². The van der Waals surface area contributed by atoms with Gasteiger partial charge in [-0.05, 0) is 81.3 Å². The zero-order valence-electron chi connectivity index (χ0n) is 22.7. The van der Waals surface area contributed by atoms with E-state index >= 15 is 0 Å². The average molecular weight is 547 g/mol. The third kappa shape index (κ3) is 5.08. The number of rotatable bonds is 6. The molecule has 4 aliphatic carbocycles. The number of aliphatic carboxylic acids is 1. The predicted molar refractivity (Wildman–Crippen MR) is 140 cm³/mol. The first-order valence-electron chi connectivity index (χ1n) is 13.8. The summed E-state index contributed by atoms with van der Waals surface area (Å²) in [6.07, 6.45) is 3.41. The molecule has 212 valence electrons. The molecule has 4 bridgehead atoms. The van der Waals surface area contributed by atoms with Gasteiger partial charge in [0.15, 0.2) is 0 Å². The largest absolute Gasteiger partial charge is 0.481 e. The van der Waals surface area contributed by atoms with Crippen molar-refractivity contribution in [1.82, 2.24) is 15.2 Å². The minimum absolute atomic E-state index is 0.134. The highest BCUT2D eigenvalue weighted by Gasteiger charge is 2.58. The number of hydrogen-bond acceptors (Lipinski definition) is 6. The molecule has 5 aliphatic rings. The van der Waals surface area contributed by atoms with Crippen LogP contribution in [0, 0.1) is 40.5 Å². The normalized spacial score (nSPS) is 32.1. The molecule has 2 N–H and O–H groups in total. The molecule has 1 aromatic heterocycles. The van der Waals surface area contributed by atoms with Gasteiger partial charge in [0.2, 0.25) is 6.19 Å². The minimum Gasteiger partial charge on any atom is -0.481 e. The molecule has 5 fully saturated rings. The zero-order chi connectivity index (χ0) is 28.2. The van der Waals surface area contributed by atoms with Crippen LogP contribution in [0.25, 0.3) is 0 Å². The summed E-state index contributed by atoms with van der Waals surface area (Å²) in [5.74, 6) is 1.37.